The van der Waals surface area contributed by atoms with Gasteiger partial charge in [0.15, 0.2) is 0 Å². The highest BCUT2D eigenvalue weighted by Crippen LogP contribution is 2.23. The predicted octanol–water partition coefficient (Wildman–Crippen LogP) is 2.87. The van der Waals surface area contributed by atoms with Crippen molar-refractivity contribution in [2.45, 2.75) is 18.9 Å². The number of carbonyl (C=O) groups excluding carboxylic acids is 1. The number of benzene rings is 2. The second kappa shape index (κ2) is 7.95. The third-order valence-corrected chi connectivity index (χ3v) is 3.94. The minimum absolute atomic E-state index is 0.0824. The molecule has 1 aliphatic rings. The molecule has 2 aromatic rings. The third-order valence-electron chi connectivity index (χ3n) is 3.94. The number of anilines is 1. The number of carbonyl (C=O) groups is 1. The molecular weight excluding hydrogens is 304 g/mol. The Balaban J connectivity index is 1.57. The van der Waals surface area contributed by atoms with E-state index in [2.05, 4.69) is 5.32 Å². The zero-order valence-corrected chi connectivity index (χ0v) is 13.5. The summed E-state index contributed by atoms with van der Waals surface area (Å²) in [5, 5.41) is 12.6. The summed E-state index contributed by atoms with van der Waals surface area (Å²) in [6, 6.07) is 16.8. The fourth-order valence-electron chi connectivity index (χ4n) is 2.84. The summed E-state index contributed by atoms with van der Waals surface area (Å²) in [6.07, 6.45) is 1.42. The zero-order valence-electron chi connectivity index (χ0n) is 13.5. The van der Waals surface area contributed by atoms with Gasteiger partial charge in [-0.1, -0.05) is 24.3 Å². The molecule has 2 aromatic carbocycles. The van der Waals surface area contributed by atoms with Gasteiger partial charge in [-0.3, -0.25) is 9.69 Å². The number of amides is 1. The highest BCUT2D eigenvalue weighted by molar-refractivity contribution is 5.92. The largest absolute Gasteiger partial charge is 0.457 e. The Morgan fingerprint density at radius 2 is 1.96 bits per heavy atom. The van der Waals surface area contributed by atoms with E-state index in [1.165, 1.54) is 0 Å². The van der Waals surface area contributed by atoms with Crippen molar-refractivity contribution < 1.29 is 14.6 Å². The molecule has 126 valence electrons. The molecule has 1 aliphatic heterocycles. The minimum atomic E-state index is -0.325. The first kappa shape index (κ1) is 16.5. The lowest BCUT2D eigenvalue weighted by atomic mass is 10.1. The van der Waals surface area contributed by atoms with Crippen molar-refractivity contribution in [1.82, 2.24) is 4.90 Å². The lowest BCUT2D eigenvalue weighted by Gasteiger charge is -2.29. The van der Waals surface area contributed by atoms with Gasteiger partial charge in [0, 0.05) is 18.3 Å². The Bertz CT molecular complexity index is 675. The van der Waals surface area contributed by atoms with E-state index >= 15 is 0 Å². The molecule has 1 atom stereocenters. The number of piperidine rings is 1. The van der Waals surface area contributed by atoms with Crippen LogP contribution in [0.15, 0.2) is 54.6 Å². The van der Waals surface area contributed by atoms with Crippen LogP contribution < -0.4 is 10.1 Å². The Hall–Kier alpha value is -2.37. The van der Waals surface area contributed by atoms with Crippen LogP contribution in [0.25, 0.3) is 0 Å². The van der Waals surface area contributed by atoms with Crippen molar-refractivity contribution in [3.63, 3.8) is 0 Å². The number of para-hydroxylation sites is 1. The lowest BCUT2D eigenvalue weighted by molar-refractivity contribution is -0.118. The van der Waals surface area contributed by atoms with E-state index in [1.807, 2.05) is 53.4 Å². The van der Waals surface area contributed by atoms with Crippen LogP contribution in [-0.2, 0) is 4.79 Å². The first-order chi connectivity index (χ1) is 11.7. The number of nitrogens with zero attached hydrogens (tertiary/aromatic N) is 1. The van der Waals surface area contributed by atoms with Gasteiger partial charge in [0.25, 0.3) is 0 Å². The van der Waals surface area contributed by atoms with Crippen molar-refractivity contribution in [2.24, 2.45) is 0 Å². The van der Waals surface area contributed by atoms with Gasteiger partial charge in [0.05, 0.1) is 12.6 Å². The van der Waals surface area contributed by atoms with Crippen LogP contribution in [0.5, 0.6) is 11.5 Å². The van der Waals surface area contributed by atoms with Gasteiger partial charge in [0.1, 0.15) is 11.5 Å². The molecule has 1 amide bonds. The Morgan fingerprint density at radius 3 is 2.75 bits per heavy atom. The molecule has 1 heterocycles. The zero-order chi connectivity index (χ0) is 16.8. The van der Waals surface area contributed by atoms with Gasteiger partial charge in [-0.25, -0.2) is 0 Å². The fourth-order valence-corrected chi connectivity index (χ4v) is 2.84. The molecule has 0 radical (unpaired) electrons. The minimum Gasteiger partial charge on any atom is -0.457 e. The molecule has 0 aromatic heterocycles. The van der Waals surface area contributed by atoms with Crippen molar-refractivity contribution in [2.75, 3.05) is 25.0 Å². The molecule has 1 unspecified atom stereocenters. The average Bonchev–Trinajstić information content (AvgIpc) is 2.56. The molecular formula is C19H22N2O3. The van der Waals surface area contributed by atoms with Crippen LogP contribution in [-0.4, -0.2) is 41.7 Å². The molecule has 1 fully saturated rings. The monoisotopic (exact) mass is 326 g/mol. The number of likely N-dealkylation sites (tertiary alicyclic amines) is 1. The topological polar surface area (TPSA) is 61.8 Å². The summed E-state index contributed by atoms with van der Waals surface area (Å²) in [6.45, 7) is 1.70. The van der Waals surface area contributed by atoms with Gasteiger partial charge in [-0.05, 0) is 43.7 Å². The Morgan fingerprint density at radius 1 is 1.17 bits per heavy atom. The van der Waals surface area contributed by atoms with Crippen LogP contribution in [0.3, 0.4) is 0 Å². The third kappa shape index (κ3) is 4.81. The second-order valence-electron chi connectivity index (χ2n) is 6.02. The number of aliphatic hydroxyl groups is 1. The molecule has 1 saturated heterocycles. The summed E-state index contributed by atoms with van der Waals surface area (Å²) in [5.74, 6) is 1.34. The first-order valence-electron chi connectivity index (χ1n) is 8.22. The van der Waals surface area contributed by atoms with E-state index in [9.17, 15) is 9.90 Å². The van der Waals surface area contributed by atoms with Crippen LogP contribution in [0.1, 0.15) is 12.8 Å². The van der Waals surface area contributed by atoms with Crippen molar-refractivity contribution >= 4 is 11.6 Å². The summed E-state index contributed by atoms with van der Waals surface area (Å²) in [4.78, 5) is 14.2. The lowest BCUT2D eigenvalue weighted by Crippen LogP contribution is -2.42. The SMILES string of the molecule is O=C(CN1CCCC(O)C1)Nc1cccc(Oc2ccccc2)c1. The van der Waals surface area contributed by atoms with Crippen LogP contribution in [0.2, 0.25) is 0 Å². The number of hydrogen-bond donors (Lipinski definition) is 2. The van der Waals surface area contributed by atoms with Crippen LogP contribution in [0.4, 0.5) is 5.69 Å². The first-order valence-corrected chi connectivity index (χ1v) is 8.22. The Labute approximate surface area is 141 Å². The molecule has 5 heteroatoms. The molecule has 0 bridgehead atoms. The molecule has 2 N–H and O–H groups in total. The van der Waals surface area contributed by atoms with Gasteiger partial charge < -0.3 is 15.2 Å². The fraction of sp³-hybridized carbons (Fsp3) is 0.316. The van der Waals surface area contributed by atoms with E-state index in [4.69, 9.17) is 4.74 Å². The molecule has 3 rings (SSSR count). The maximum absolute atomic E-state index is 12.2. The van der Waals surface area contributed by atoms with E-state index in [1.54, 1.807) is 6.07 Å². The van der Waals surface area contributed by atoms with Crippen molar-refractivity contribution in [3.8, 4) is 11.5 Å². The number of ether oxygens (including phenoxy) is 1. The number of aliphatic hydroxyl groups excluding tert-OH is 1. The van der Waals surface area contributed by atoms with Gasteiger partial charge in [0.2, 0.25) is 5.91 Å². The maximum atomic E-state index is 12.2. The second-order valence-corrected chi connectivity index (χ2v) is 6.02. The summed E-state index contributed by atoms with van der Waals surface area (Å²) >= 11 is 0. The normalized spacial score (nSPS) is 18.1. The quantitative estimate of drug-likeness (QED) is 0.887. The van der Waals surface area contributed by atoms with Crippen molar-refractivity contribution in [3.05, 3.63) is 54.6 Å². The Kier molecular flexibility index (Phi) is 5.46. The van der Waals surface area contributed by atoms with Gasteiger partial charge >= 0.3 is 0 Å². The van der Waals surface area contributed by atoms with E-state index in [0.29, 0.717) is 24.5 Å². The highest BCUT2D eigenvalue weighted by atomic mass is 16.5. The van der Waals surface area contributed by atoms with Gasteiger partial charge in [-0.15, -0.1) is 0 Å². The molecule has 0 saturated carbocycles. The predicted molar refractivity (Wildman–Crippen MR) is 93.3 cm³/mol. The number of hydrogen-bond acceptors (Lipinski definition) is 4. The van der Waals surface area contributed by atoms with E-state index < -0.39 is 0 Å². The summed E-state index contributed by atoms with van der Waals surface area (Å²) in [7, 11) is 0. The van der Waals surface area contributed by atoms with Gasteiger partial charge in [-0.2, -0.15) is 0 Å². The molecule has 5 nitrogen and oxygen atoms in total. The molecule has 0 aliphatic carbocycles. The maximum Gasteiger partial charge on any atom is 0.238 e. The average molecular weight is 326 g/mol. The van der Waals surface area contributed by atoms with E-state index in [0.717, 1.165) is 25.1 Å². The number of rotatable bonds is 5. The molecule has 24 heavy (non-hydrogen) atoms. The van der Waals surface area contributed by atoms with Crippen molar-refractivity contribution in [1.29, 1.82) is 0 Å². The number of nitrogens with one attached hydrogen (secondary N) is 1. The van der Waals surface area contributed by atoms with Crippen LogP contribution in [0, 0.1) is 0 Å². The highest BCUT2D eigenvalue weighted by Gasteiger charge is 2.19. The van der Waals surface area contributed by atoms with Crippen LogP contribution >= 0.6 is 0 Å². The molecule has 0 spiro atoms. The van der Waals surface area contributed by atoms with E-state index in [-0.39, 0.29) is 12.0 Å². The summed E-state index contributed by atoms with van der Waals surface area (Å²) in [5.41, 5.74) is 0.700. The smallest absolute Gasteiger partial charge is 0.238 e. The summed E-state index contributed by atoms with van der Waals surface area (Å²) < 4.78 is 5.77. The number of β-amino-alcohol motifs (C(OH)–C–C–N with tert-alkyl or cyclic N) is 1. The standard InChI is InChI=1S/C19H22N2O3/c22-16-7-5-11-21(13-16)14-19(23)20-15-6-4-10-18(12-15)24-17-8-2-1-3-9-17/h1-4,6,8-10,12,16,22H,5,7,11,13-14H2,(H,20,23).